The summed E-state index contributed by atoms with van der Waals surface area (Å²) in [5.74, 6) is 0. The van der Waals surface area contributed by atoms with Crippen molar-refractivity contribution in [2.45, 2.75) is 42.9 Å². The minimum Gasteiger partial charge on any atom is -0.362 e. The number of sulfonamides is 1. The molecule has 0 bridgehead atoms. The van der Waals surface area contributed by atoms with Gasteiger partial charge in [-0.15, -0.1) is 0 Å². The Bertz CT molecular complexity index is 1410. The third-order valence-corrected chi connectivity index (χ3v) is 7.60. The maximum absolute atomic E-state index is 13.2. The fourth-order valence-electron chi connectivity index (χ4n) is 3.92. The normalized spacial score (nSPS) is 17.2. The molecule has 1 fully saturated rings. The summed E-state index contributed by atoms with van der Waals surface area (Å²) < 4.78 is 30.7. The molecule has 31 heavy (non-hydrogen) atoms. The quantitative estimate of drug-likeness (QED) is 0.551. The number of hydrogen-bond donors (Lipinski definition) is 3. The highest BCUT2D eigenvalue weighted by atomic mass is 32.2. The zero-order chi connectivity index (χ0) is 22.0. The first-order chi connectivity index (χ1) is 14.7. The zero-order valence-electron chi connectivity index (χ0n) is 17.2. The van der Waals surface area contributed by atoms with Crippen LogP contribution in [0.3, 0.4) is 0 Å². The van der Waals surface area contributed by atoms with E-state index in [9.17, 15) is 18.0 Å². The summed E-state index contributed by atoms with van der Waals surface area (Å²) in [5, 5.41) is 6.68. The van der Waals surface area contributed by atoms with Crippen LogP contribution in [0.4, 0.5) is 11.4 Å². The fourth-order valence-corrected chi connectivity index (χ4v) is 5.41. The summed E-state index contributed by atoms with van der Waals surface area (Å²) in [5.41, 5.74) is 0.770. The molecule has 1 saturated carbocycles. The number of rotatable bonds is 5. The molecule has 0 atom stereocenters. The number of hydrogen-bond acceptors (Lipinski definition) is 6. The minimum absolute atomic E-state index is 0.0138. The smallest absolute Gasteiger partial charge is 0.331 e. The molecular formula is C21H23N5O4S. The highest BCUT2D eigenvalue weighted by Gasteiger charge is 2.41. The average Bonchev–Trinajstić information content (AvgIpc) is 3.30. The van der Waals surface area contributed by atoms with Crippen molar-refractivity contribution in [3.63, 3.8) is 0 Å². The molecule has 3 N–H and O–H groups in total. The van der Waals surface area contributed by atoms with E-state index in [1.54, 1.807) is 7.05 Å². The van der Waals surface area contributed by atoms with Crippen molar-refractivity contribution in [1.82, 2.24) is 13.9 Å². The van der Waals surface area contributed by atoms with Gasteiger partial charge in [0.05, 0.1) is 33.7 Å². The van der Waals surface area contributed by atoms with Crippen molar-refractivity contribution in [1.29, 1.82) is 0 Å². The lowest BCUT2D eigenvalue weighted by Crippen LogP contribution is -2.44. The number of benzene rings is 2. The number of fused-ring (bicyclic) bond motifs is 2. The van der Waals surface area contributed by atoms with Crippen LogP contribution in [0, 0.1) is 0 Å². The Morgan fingerprint density at radius 3 is 2.35 bits per heavy atom. The Kier molecular flexibility index (Phi) is 4.28. The van der Waals surface area contributed by atoms with Crippen LogP contribution in [-0.4, -0.2) is 29.3 Å². The summed E-state index contributed by atoms with van der Waals surface area (Å²) in [4.78, 5) is 26.1. The maximum Gasteiger partial charge on any atom is 0.331 e. The molecule has 1 aliphatic carbocycles. The van der Waals surface area contributed by atoms with Gasteiger partial charge in [-0.05, 0) is 50.1 Å². The summed E-state index contributed by atoms with van der Waals surface area (Å²) >= 11 is 0. The van der Waals surface area contributed by atoms with Crippen LogP contribution in [0.25, 0.3) is 10.9 Å². The molecule has 1 aromatic heterocycles. The minimum atomic E-state index is -3.77. The zero-order valence-corrected chi connectivity index (χ0v) is 18.0. The molecule has 162 valence electrons. The number of anilines is 2. The highest BCUT2D eigenvalue weighted by molar-refractivity contribution is 7.89. The first-order valence-electron chi connectivity index (χ1n) is 10.1. The van der Waals surface area contributed by atoms with Gasteiger partial charge in [0.15, 0.2) is 0 Å². The third kappa shape index (κ3) is 3.41. The highest BCUT2D eigenvalue weighted by Crippen LogP contribution is 2.36. The van der Waals surface area contributed by atoms with E-state index in [1.165, 1.54) is 22.8 Å². The van der Waals surface area contributed by atoms with Gasteiger partial charge in [0.2, 0.25) is 10.0 Å². The molecule has 0 unspecified atom stereocenters. The molecule has 0 saturated heterocycles. The lowest BCUT2D eigenvalue weighted by molar-refractivity contribution is 0.557. The molecule has 2 heterocycles. The summed E-state index contributed by atoms with van der Waals surface area (Å²) in [6.07, 6.45) is 1.22. The number of para-hydroxylation sites is 2. The fraction of sp³-hybridized carbons (Fsp3) is 0.333. The van der Waals surface area contributed by atoms with Gasteiger partial charge in [-0.2, -0.15) is 0 Å². The third-order valence-electron chi connectivity index (χ3n) is 5.97. The second-order valence-electron chi connectivity index (χ2n) is 8.49. The van der Waals surface area contributed by atoms with Crippen LogP contribution in [-0.2, 0) is 23.6 Å². The molecule has 3 aromatic rings. The molecule has 1 aliphatic heterocycles. The van der Waals surface area contributed by atoms with Gasteiger partial charge < -0.3 is 10.6 Å². The molecular weight excluding hydrogens is 418 g/mol. The topological polar surface area (TPSA) is 114 Å². The van der Waals surface area contributed by atoms with E-state index < -0.39 is 26.8 Å². The van der Waals surface area contributed by atoms with Gasteiger partial charge in [0.1, 0.15) is 6.17 Å². The van der Waals surface area contributed by atoms with E-state index in [1.807, 2.05) is 31.2 Å². The summed E-state index contributed by atoms with van der Waals surface area (Å²) in [6.45, 7) is 1.94. The largest absolute Gasteiger partial charge is 0.362 e. The predicted octanol–water partition coefficient (Wildman–Crippen LogP) is 1.39. The lowest BCUT2D eigenvalue weighted by Gasteiger charge is -2.17. The van der Waals surface area contributed by atoms with E-state index in [4.69, 9.17) is 0 Å². The molecule has 5 rings (SSSR count). The van der Waals surface area contributed by atoms with Gasteiger partial charge in [0, 0.05) is 12.6 Å². The van der Waals surface area contributed by atoms with E-state index >= 15 is 0 Å². The number of nitrogens with one attached hydrogen (secondary N) is 3. The average molecular weight is 442 g/mol. The standard InChI is InChI=1S/C21H23N5O4S/c1-21(9-10-21)24-31(29,30)13-7-8-17-14(11-13)19(27)26(20(28)25(17)2)12-18-22-15-5-3-4-6-16(15)23-18/h3-8,11,18,22-24H,9-10,12H2,1-2H3. The second-order valence-corrected chi connectivity index (χ2v) is 10.2. The summed E-state index contributed by atoms with van der Waals surface area (Å²) in [7, 11) is -2.20. The maximum atomic E-state index is 13.2. The van der Waals surface area contributed by atoms with E-state index in [0.29, 0.717) is 5.52 Å². The van der Waals surface area contributed by atoms with Crippen LogP contribution in [0.2, 0.25) is 0 Å². The predicted molar refractivity (Wildman–Crippen MR) is 119 cm³/mol. The monoisotopic (exact) mass is 441 g/mol. The van der Waals surface area contributed by atoms with E-state index in [-0.39, 0.29) is 23.0 Å². The summed E-state index contributed by atoms with van der Waals surface area (Å²) in [6, 6.07) is 11.9. The van der Waals surface area contributed by atoms with Gasteiger partial charge in [-0.3, -0.25) is 13.9 Å². The molecule has 0 spiro atoms. The SMILES string of the molecule is Cn1c(=O)n(CC2Nc3ccccc3N2)c(=O)c2cc(S(=O)(=O)NC3(C)CC3)ccc21. The van der Waals surface area contributed by atoms with Gasteiger partial charge in [-0.25, -0.2) is 17.9 Å². The molecule has 0 radical (unpaired) electrons. The Labute approximate surface area is 178 Å². The van der Waals surface area contributed by atoms with E-state index in [2.05, 4.69) is 15.4 Å². The Balaban J connectivity index is 1.55. The van der Waals surface area contributed by atoms with Crippen molar-refractivity contribution in [2.75, 3.05) is 10.6 Å². The van der Waals surface area contributed by atoms with Crippen molar-refractivity contribution in [2.24, 2.45) is 7.05 Å². The Hall–Kier alpha value is -3.11. The van der Waals surface area contributed by atoms with Crippen molar-refractivity contribution in [3.8, 4) is 0 Å². The van der Waals surface area contributed by atoms with Crippen LogP contribution in [0.15, 0.2) is 56.9 Å². The Morgan fingerprint density at radius 2 is 1.74 bits per heavy atom. The molecule has 0 amide bonds. The van der Waals surface area contributed by atoms with E-state index in [0.717, 1.165) is 28.8 Å². The lowest BCUT2D eigenvalue weighted by atomic mass is 10.2. The van der Waals surface area contributed by atoms with Gasteiger partial charge in [-0.1, -0.05) is 12.1 Å². The first kappa shape index (κ1) is 19.8. The van der Waals surface area contributed by atoms with Crippen LogP contribution in [0.1, 0.15) is 19.8 Å². The van der Waals surface area contributed by atoms with Crippen molar-refractivity contribution >= 4 is 32.3 Å². The number of nitrogens with zero attached hydrogens (tertiary/aromatic N) is 2. The van der Waals surface area contributed by atoms with Crippen LogP contribution >= 0.6 is 0 Å². The van der Waals surface area contributed by atoms with Crippen molar-refractivity contribution in [3.05, 3.63) is 63.3 Å². The molecule has 9 nitrogen and oxygen atoms in total. The van der Waals surface area contributed by atoms with Crippen LogP contribution in [0.5, 0.6) is 0 Å². The van der Waals surface area contributed by atoms with Crippen LogP contribution < -0.4 is 26.6 Å². The van der Waals surface area contributed by atoms with Gasteiger partial charge >= 0.3 is 5.69 Å². The first-order valence-corrected chi connectivity index (χ1v) is 11.5. The van der Waals surface area contributed by atoms with Gasteiger partial charge in [0.25, 0.3) is 5.56 Å². The molecule has 2 aromatic carbocycles. The number of aromatic nitrogens is 2. The number of aryl methyl sites for hydroxylation is 1. The van der Waals surface area contributed by atoms with Crippen molar-refractivity contribution < 1.29 is 8.42 Å². The Morgan fingerprint density at radius 1 is 1.10 bits per heavy atom. The molecule has 10 heteroatoms. The second kappa shape index (κ2) is 6.69. The molecule has 2 aliphatic rings.